The zero-order chi connectivity index (χ0) is 43.7. The van der Waals surface area contributed by atoms with E-state index in [0.717, 1.165) is 44.9 Å². The minimum Gasteiger partial charge on any atom is -0.466 e. The number of allylic oxidation sites excluding steroid dienone is 3. The van der Waals surface area contributed by atoms with E-state index in [1.807, 2.05) is 6.08 Å². The molecule has 0 saturated carbocycles. The molecule has 0 aromatic carbocycles. The van der Waals surface area contributed by atoms with Crippen LogP contribution in [0.25, 0.3) is 0 Å². The highest BCUT2D eigenvalue weighted by atomic mass is 16.5. The van der Waals surface area contributed by atoms with E-state index in [4.69, 9.17) is 4.74 Å². The van der Waals surface area contributed by atoms with Crippen LogP contribution in [0.4, 0.5) is 0 Å². The van der Waals surface area contributed by atoms with Gasteiger partial charge in [0, 0.05) is 12.8 Å². The van der Waals surface area contributed by atoms with Crippen LogP contribution in [-0.2, 0) is 14.3 Å². The average molecular weight is 846 g/mol. The Labute approximate surface area is 373 Å². The van der Waals surface area contributed by atoms with Crippen LogP contribution in [0, 0.1) is 0 Å². The molecule has 0 spiro atoms. The van der Waals surface area contributed by atoms with Gasteiger partial charge < -0.3 is 20.3 Å². The molecule has 0 aliphatic rings. The summed E-state index contributed by atoms with van der Waals surface area (Å²) < 4.78 is 5.47. The molecule has 1 amide bonds. The van der Waals surface area contributed by atoms with Gasteiger partial charge in [-0.2, -0.15) is 0 Å². The highest BCUT2D eigenvalue weighted by molar-refractivity contribution is 5.76. The van der Waals surface area contributed by atoms with Crippen LogP contribution in [-0.4, -0.2) is 47.4 Å². The van der Waals surface area contributed by atoms with Crippen molar-refractivity contribution in [2.75, 3.05) is 13.2 Å². The third kappa shape index (κ3) is 45.9. The van der Waals surface area contributed by atoms with Crippen molar-refractivity contribution in [1.29, 1.82) is 0 Å². The van der Waals surface area contributed by atoms with E-state index in [1.54, 1.807) is 6.08 Å². The lowest BCUT2D eigenvalue weighted by Crippen LogP contribution is -2.45. The maximum Gasteiger partial charge on any atom is 0.305 e. The van der Waals surface area contributed by atoms with Crippen molar-refractivity contribution in [1.82, 2.24) is 5.32 Å². The highest BCUT2D eigenvalue weighted by Crippen LogP contribution is 2.16. The normalized spacial score (nSPS) is 12.8. The van der Waals surface area contributed by atoms with Gasteiger partial charge in [0.05, 0.1) is 25.4 Å². The summed E-state index contributed by atoms with van der Waals surface area (Å²) in [7, 11) is 0. The smallest absolute Gasteiger partial charge is 0.305 e. The van der Waals surface area contributed by atoms with E-state index in [9.17, 15) is 19.8 Å². The number of nitrogens with one attached hydrogen (secondary N) is 1. The van der Waals surface area contributed by atoms with Crippen LogP contribution in [0.3, 0.4) is 0 Å². The first-order chi connectivity index (χ1) is 29.5. The highest BCUT2D eigenvalue weighted by Gasteiger charge is 2.18. The molecule has 2 unspecified atom stereocenters. The fourth-order valence-electron chi connectivity index (χ4n) is 8.10. The number of carbonyl (C=O) groups is 2. The minimum atomic E-state index is -0.846. The second-order valence-electron chi connectivity index (χ2n) is 18.2. The number of rotatable bonds is 49. The van der Waals surface area contributed by atoms with Gasteiger partial charge in [0.25, 0.3) is 0 Å². The molecule has 0 aliphatic heterocycles. The molecule has 0 radical (unpaired) electrons. The van der Waals surface area contributed by atoms with Crippen molar-refractivity contribution < 1.29 is 24.5 Å². The fourth-order valence-corrected chi connectivity index (χ4v) is 8.10. The van der Waals surface area contributed by atoms with Crippen LogP contribution < -0.4 is 5.32 Å². The lowest BCUT2D eigenvalue weighted by atomic mass is 10.0. The molecular weight excluding hydrogens is 743 g/mol. The summed E-state index contributed by atoms with van der Waals surface area (Å²) in [6, 6.07) is -0.630. The Balaban J connectivity index is 3.42. The van der Waals surface area contributed by atoms with E-state index in [2.05, 4.69) is 31.3 Å². The van der Waals surface area contributed by atoms with Crippen LogP contribution in [0.2, 0.25) is 0 Å². The zero-order valence-corrected chi connectivity index (χ0v) is 40.2. The molecule has 6 nitrogen and oxygen atoms in total. The first kappa shape index (κ1) is 58.3. The van der Waals surface area contributed by atoms with Crippen molar-refractivity contribution in [3.8, 4) is 0 Å². The summed E-state index contributed by atoms with van der Waals surface area (Å²) in [6.07, 6.45) is 59.0. The molecule has 0 heterocycles. The zero-order valence-electron chi connectivity index (χ0n) is 40.2. The second kappa shape index (κ2) is 50.0. The Bertz CT molecular complexity index is 935. The van der Waals surface area contributed by atoms with E-state index in [0.29, 0.717) is 19.4 Å². The number of carbonyl (C=O) groups excluding carboxylic acids is 2. The van der Waals surface area contributed by atoms with Crippen molar-refractivity contribution in [3.63, 3.8) is 0 Å². The van der Waals surface area contributed by atoms with Crippen molar-refractivity contribution in [3.05, 3.63) is 24.3 Å². The Kier molecular flexibility index (Phi) is 48.6. The molecule has 0 aromatic rings. The van der Waals surface area contributed by atoms with Gasteiger partial charge in [-0.25, -0.2) is 0 Å². The third-order valence-corrected chi connectivity index (χ3v) is 12.2. The molecule has 0 bridgehead atoms. The van der Waals surface area contributed by atoms with Crippen molar-refractivity contribution >= 4 is 11.9 Å². The molecule has 3 N–H and O–H groups in total. The lowest BCUT2D eigenvalue weighted by Gasteiger charge is -2.20. The number of hydrogen-bond acceptors (Lipinski definition) is 5. The minimum absolute atomic E-state index is 0.00383. The number of esters is 1. The van der Waals surface area contributed by atoms with E-state index in [1.165, 1.54) is 212 Å². The molecule has 0 saturated heterocycles. The molecule has 2 atom stereocenters. The summed E-state index contributed by atoms with van der Waals surface area (Å²) >= 11 is 0. The van der Waals surface area contributed by atoms with Crippen LogP contribution >= 0.6 is 0 Å². The van der Waals surface area contributed by atoms with E-state index < -0.39 is 12.1 Å². The number of aliphatic hydroxyl groups excluding tert-OH is 2. The SMILES string of the molecule is CCCCCCCC/C=C\CCCCCCCC(=O)OCCCCCCCCCCCCCCCCCCCC(=O)NC(CO)C(O)/C=C/CCCCCCCCCCC. The Morgan fingerprint density at radius 1 is 0.450 bits per heavy atom. The van der Waals surface area contributed by atoms with Crippen LogP contribution in [0.1, 0.15) is 284 Å². The molecule has 6 heteroatoms. The Morgan fingerprint density at radius 3 is 1.18 bits per heavy atom. The molecule has 0 aromatic heterocycles. The first-order valence-electron chi connectivity index (χ1n) is 26.6. The van der Waals surface area contributed by atoms with Gasteiger partial charge in [-0.3, -0.25) is 9.59 Å². The third-order valence-electron chi connectivity index (χ3n) is 12.2. The Hall–Kier alpha value is -1.66. The predicted molar refractivity (Wildman–Crippen MR) is 260 cm³/mol. The molecule has 354 valence electrons. The van der Waals surface area contributed by atoms with E-state index in [-0.39, 0.29) is 18.5 Å². The predicted octanol–water partition coefficient (Wildman–Crippen LogP) is 15.9. The number of ether oxygens (including phenoxy) is 1. The summed E-state index contributed by atoms with van der Waals surface area (Å²) in [4.78, 5) is 24.4. The van der Waals surface area contributed by atoms with Crippen molar-refractivity contribution in [2.24, 2.45) is 0 Å². The Morgan fingerprint density at radius 2 is 0.783 bits per heavy atom. The van der Waals surface area contributed by atoms with Gasteiger partial charge in [0.15, 0.2) is 0 Å². The van der Waals surface area contributed by atoms with Crippen LogP contribution in [0.5, 0.6) is 0 Å². The fraction of sp³-hybridized carbons (Fsp3) is 0.889. The van der Waals surface area contributed by atoms with Gasteiger partial charge >= 0.3 is 5.97 Å². The number of unbranched alkanes of at least 4 members (excludes halogenated alkanes) is 36. The molecular formula is C54H103NO5. The largest absolute Gasteiger partial charge is 0.466 e. The van der Waals surface area contributed by atoms with Crippen molar-refractivity contribution in [2.45, 2.75) is 296 Å². The standard InChI is InChI=1S/C54H103NO5/c1-3-5-7-9-11-13-15-16-20-24-28-32-36-40-44-48-54(59)60-49-45-41-37-33-29-25-22-19-17-18-21-23-27-31-35-39-43-47-53(58)55-51(50-56)52(57)46-42-38-34-30-26-14-12-10-8-6-4-2/h16,20,42,46,51-52,56-57H,3-15,17-19,21-41,43-45,47-50H2,1-2H3,(H,55,58)/b20-16-,46-42+. The summed E-state index contributed by atoms with van der Waals surface area (Å²) in [5.74, 6) is -0.0786. The monoisotopic (exact) mass is 846 g/mol. The van der Waals surface area contributed by atoms with Gasteiger partial charge in [-0.1, -0.05) is 237 Å². The molecule has 0 fully saturated rings. The molecule has 0 rings (SSSR count). The second-order valence-corrected chi connectivity index (χ2v) is 18.2. The number of aliphatic hydroxyl groups is 2. The lowest BCUT2D eigenvalue weighted by molar-refractivity contribution is -0.143. The summed E-state index contributed by atoms with van der Waals surface area (Å²) in [6.45, 7) is 4.87. The summed E-state index contributed by atoms with van der Waals surface area (Å²) in [5, 5.41) is 23.0. The van der Waals surface area contributed by atoms with Gasteiger partial charge in [-0.05, 0) is 57.8 Å². The number of amides is 1. The first-order valence-corrected chi connectivity index (χ1v) is 26.6. The number of hydrogen-bond donors (Lipinski definition) is 3. The maximum atomic E-state index is 12.4. The van der Waals surface area contributed by atoms with Gasteiger partial charge in [-0.15, -0.1) is 0 Å². The molecule has 60 heavy (non-hydrogen) atoms. The quantitative estimate of drug-likeness (QED) is 0.0322. The van der Waals surface area contributed by atoms with E-state index >= 15 is 0 Å². The average Bonchev–Trinajstić information content (AvgIpc) is 3.25. The molecule has 0 aliphatic carbocycles. The van der Waals surface area contributed by atoms with Gasteiger partial charge in [0.2, 0.25) is 5.91 Å². The summed E-state index contributed by atoms with van der Waals surface area (Å²) in [5.41, 5.74) is 0. The topological polar surface area (TPSA) is 95.9 Å². The maximum absolute atomic E-state index is 12.4. The van der Waals surface area contributed by atoms with Crippen LogP contribution in [0.15, 0.2) is 24.3 Å². The van der Waals surface area contributed by atoms with Gasteiger partial charge in [0.1, 0.15) is 0 Å².